The molecule has 0 amide bonds. The Balaban J connectivity index is 2.76. The van der Waals surface area contributed by atoms with Crippen LogP contribution >= 0.6 is 0 Å². The fourth-order valence-electron chi connectivity index (χ4n) is 1.30. The molecule has 0 radical (unpaired) electrons. The molecule has 0 bridgehead atoms. The van der Waals surface area contributed by atoms with Gasteiger partial charge in [0.2, 0.25) is 5.88 Å². The van der Waals surface area contributed by atoms with Crippen molar-refractivity contribution in [1.29, 1.82) is 0 Å². The summed E-state index contributed by atoms with van der Waals surface area (Å²) in [5.74, 6) is 0.210. The van der Waals surface area contributed by atoms with Crippen LogP contribution in [0.2, 0.25) is 0 Å². The molecule has 0 aliphatic heterocycles. The number of anilines is 1. The van der Waals surface area contributed by atoms with E-state index in [1.54, 1.807) is 6.92 Å². The lowest BCUT2D eigenvalue weighted by Crippen LogP contribution is -2.15. The quantitative estimate of drug-likeness (QED) is 0.895. The van der Waals surface area contributed by atoms with Crippen LogP contribution in [-0.2, 0) is 0 Å². The van der Waals surface area contributed by atoms with Crippen LogP contribution in [-0.4, -0.2) is 22.6 Å². The van der Waals surface area contributed by atoms with Crippen molar-refractivity contribution in [2.75, 3.05) is 12.3 Å². The second kappa shape index (κ2) is 4.85. The molecule has 2 N–H and O–H groups in total. The van der Waals surface area contributed by atoms with E-state index in [1.807, 2.05) is 13.8 Å². The van der Waals surface area contributed by atoms with Crippen molar-refractivity contribution in [3.05, 3.63) is 5.69 Å². The number of ether oxygens (including phenoxy) is 1. The summed E-state index contributed by atoms with van der Waals surface area (Å²) in [5, 5.41) is 4.11. The first-order valence-corrected chi connectivity index (χ1v) is 5.26. The van der Waals surface area contributed by atoms with Gasteiger partial charge in [-0.05, 0) is 20.8 Å². The average Bonchev–Trinajstić information content (AvgIpc) is 2.44. The molecule has 0 unspecified atom stereocenters. The Kier molecular flexibility index (Phi) is 3.90. The highest BCUT2D eigenvalue weighted by atomic mass is 19.4. The number of hydrogen-bond donors (Lipinski definition) is 1. The summed E-state index contributed by atoms with van der Waals surface area (Å²) < 4.78 is 42.5. The third kappa shape index (κ3) is 3.54. The molecule has 7 heteroatoms. The topological polar surface area (TPSA) is 53.1 Å². The molecule has 17 heavy (non-hydrogen) atoms. The van der Waals surface area contributed by atoms with Crippen molar-refractivity contribution in [3.8, 4) is 5.88 Å². The van der Waals surface area contributed by atoms with E-state index in [2.05, 4.69) is 5.10 Å². The number of nitrogens with zero attached hydrogens (tertiary/aromatic N) is 2. The van der Waals surface area contributed by atoms with E-state index in [-0.39, 0.29) is 11.9 Å². The Morgan fingerprint density at radius 1 is 1.41 bits per heavy atom. The van der Waals surface area contributed by atoms with Crippen molar-refractivity contribution in [2.45, 2.75) is 39.4 Å². The molecule has 0 atom stereocenters. The molecule has 0 aromatic carbocycles. The molecular weight excluding hydrogens is 235 g/mol. The Bertz CT molecular complexity index is 385. The van der Waals surface area contributed by atoms with Crippen LogP contribution in [0.5, 0.6) is 5.88 Å². The summed E-state index contributed by atoms with van der Waals surface area (Å²) in [4.78, 5) is 0. The summed E-state index contributed by atoms with van der Waals surface area (Å²) in [7, 11) is 0. The van der Waals surface area contributed by atoms with E-state index in [0.717, 1.165) is 0 Å². The van der Waals surface area contributed by atoms with Gasteiger partial charge in [-0.3, -0.25) is 0 Å². The summed E-state index contributed by atoms with van der Waals surface area (Å²) in [6, 6.07) is -0.0214. The number of rotatable bonds is 4. The van der Waals surface area contributed by atoms with E-state index >= 15 is 0 Å². The van der Waals surface area contributed by atoms with Gasteiger partial charge in [-0.15, -0.1) is 0 Å². The summed E-state index contributed by atoms with van der Waals surface area (Å²) >= 11 is 0. The maximum Gasteiger partial charge on any atom is 0.392 e. The number of alkyl halides is 3. The monoisotopic (exact) mass is 251 g/mol. The van der Waals surface area contributed by atoms with Gasteiger partial charge in [0.05, 0.1) is 24.8 Å². The minimum absolute atomic E-state index is 0.0214. The third-order valence-electron chi connectivity index (χ3n) is 2.20. The van der Waals surface area contributed by atoms with Gasteiger partial charge in [0.1, 0.15) is 5.69 Å². The van der Waals surface area contributed by atoms with Crippen molar-refractivity contribution < 1.29 is 17.9 Å². The van der Waals surface area contributed by atoms with Gasteiger partial charge in [0.15, 0.2) is 0 Å². The molecule has 4 nitrogen and oxygen atoms in total. The van der Waals surface area contributed by atoms with Crippen LogP contribution in [0.1, 0.15) is 32.0 Å². The Labute approximate surface area is 97.5 Å². The fraction of sp³-hybridized carbons (Fsp3) is 0.700. The van der Waals surface area contributed by atoms with E-state index < -0.39 is 19.2 Å². The third-order valence-corrected chi connectivity index (χ3v) is 2.20. The first-order valence-electron chi connectivity index (χ1n) is 5.26. The highest BCUT2D eigenvalue weighted by molar-refractivity contribution is 5.52. The van der Waals surface area contributed by atoms with E-state index in [1.165, 1.54) is 4.68 Å². The van der Waals surface area contributed by atoms with Crippen LogP contribution in [0.4, 0.5) is 18.9 Å². The molecule has 1 aromatic rings. The standard InChI is InChI=1S/C10H16F3N3O/c1-6(2)16-9(8(14)7(3)15-16)17-5-4-10(11,12)13/h6H,4-5,14H2,1-3H3. The number of aromatic nitrogens is 2. The lowest BCUT2D eigenvalue weighted by atomic mass is 10.4. The molecule has 0 saturated carbocycles. The van der Waals surface area contributed by atoms with E-state index in [4.69, 9.17) is 10.5 Å². The molecule has 0 saturated heterocycles. The fourth-order valence-corrected chi connectivity index (χ4v) is 1.30. The maximum atomic E-state index is 12.0. The summed E-state index contributed by atoms with van der Waals surface area (Å²) in [6.07, 6.45) is -5.23. The maximum absolute atomic E-state index is 12.0. The van der Waals surface area contributed by atoms with Gasteiger partial charge >= 0.3 is 6.18 Å². The largest absolute Gasteiger partial charge is 0.476 e. The lowest BCUT2D eigenvalue weighted by molar-refractivity contribution is -0.139. The predicted molar refractivity (Wildman–Crippen MR) is 57.9 cm³/mol. The lowest BCUT2D eigenvalue weighted by Gasteiger charge is -2.13. The smallest absolute Gasteiger partial charge is 0.392 e. The highest BCUT2D eigenvalue weighted by Gasteiger charge is 2.27. The molecule has 98 valence electrons. The number of hydrogen-bond acceptors (Lipinski definition) is 3. The van der Waals surface area contributed by atoms with Gasteiger partial charge in [-0.2, -0.15) is 18.3 Å². The second-order valence-corrected chi connectivity index (χ2v) is 4.06. The molecule has 1 aromatic heterocycles. The zero-order valence-electron chi connectivity index (χ0n) is 10.0. The van der Waals surface area contributed by atoms with Crippen molar-refractivity contribution in [2.24, 2.45) is 0 Å². The minimum Gasteiger partial charge on any atom is -0.476 e. The SMILES string of the molecule is Cc1nn(C(C)C)c(OCCC(F)(F)F)c1N. The summed E-state index contributed by atoms with van der Waals surface area (Å²) in [5.41, 5.74) is 6.55. The summed E-state index contributed by atoms with van der Waals surface area (Å²) in [6.45, 7) is 4.93. The zero-order valence-corrected chi connectivity index (χ0v) is 10.0. The highest BCUT2D eigenvalue weighted by Crippen LogP contribution is 2.29. The van der Waals surface area contributed by atoms with Gasteiger partial charge in [-0.1, -0.05) is 0 Å². The van der Waals surface area contributed by atoms with Crippen LogP contribution in [0, 0.1) is 6.92 Å². The number of aryl methyl sites for hydroxylation is 1. The molecule has 0 aliphatic carbocycles. The van der Waals surface area contributed by atoms with E-state index in [9.17, 15) is 13.2 Å². The van der Waals surface area contributed by atoms with Crippen LogP contribution in [0.15, 0.2) is 0 Å². The molecule has 1 rings (SSSR count). The minimum atomic E-state index is -4.23. The normalized spacial score (nSPS) is 12.2. The molecule has 0 fully saturated rings. The van der Waals surface area contributed by atoms with Gasteiger partial charge in [0, 0.05) is 0 Å². The first kappa shape index (κ1) is 13.7. The number of nitrogens with two attached hydrogens (primary N) is 1. The van der Waals surface area contributed by atoms with Crippen LogP contribution in [0.25, 0.3) is 0 Å². The van der Waals surface area contributed by atoms with Gasteiger partial charge < -0.3 is 10.5 Å². The predicted octanol–water partition coefficient (Wildman–Crippen LogP) is 2.69. The van der Waals surface area contributed by atoms with Crippen molar-refractivity contribution in [3.63, 3.8) is 0 Å². The Morgan fingerprint density at radius 3 is 2.47 bits per heavy atom. The molecule has 0 aliphatic rings. The van der Waals surface area contributed by atoms with Crippen LogP contribution in [0.3, 0.4) is 0 Å². The number of nitrogen functional groups attached to an aromatic ring is 1. The van der Waals surface area contributed by atoms with Crippen molar-refractivity contribution in [1.82, 2.24) is 9.78 Å². The molecule has 0 spiro atoms. The molecular formula is C10H16F3N3O. The van der Waals surface area contributed by atoms with Gasteiger partial charge in [0.25, 0.3) is 0 Å². The first-order chi connectivity index (χ1) is 7.72. The van der Waals surface area contributed by atoms with E-state index in [0.29, 0.717) is 11.4 Å². The molecule has 1 heterocycles. The zero-order chi connectivity index (χ0) is 13.2. The Hall–Kier alpha value is -1.40. The Morgan fingerprint density at radius 2 is 2.00 bits per heavy atom. The number of halogens is 3. The van der Waals surface area contributed by atoms with Gasteiger partial charge in [-0.25, -0.2) is 4.68 Å². The average molecular weight is 251 g/mol. The van der Waals surface area contributed by atoms with Crippen molar-refractivity contribution >= 4 is 5.69 Å². The second-order valence-electron chi connectivity index (χ2n) is 4.06. The van der Waals surface area contributed by atoms with Crippen LogP contribution < -0.4 is 10.5 Å².